The van der Waals surface area contributed by atoms with Gasteiger partial charge in [-0.1, -0.05) is 35.3 Å². The van der Waals surface area contributed by atoms with Gasteiger partial charge in [-0.05, 0) is 60.7 Å². The second-order valence-corrected chi connectivity index (χ2v) is 9.30. The average molecular weight is 467 g/mol. The van der Waals surface area contributed by atoms with Crippen molar-refractivity contribution in [3.63, 3.8) is 0 Å². The summed E-state index contributed by atoms with van der Waals surface area (Å²) >= 11 is 12.6. The van der Waals surface area contributed by atoms with Crippen LogP contribution in [0.25, 0.3) is 0 Å². The van der Waals surface area contributed by atoms with Crippen LogP contribution in [0.1, 0.15) is 36.0 Å². The van der Waals surface area contributed by atoms with Crippen LogP contribution >= 0.6 is 23.2 Å². The van der Waals surface area contributed by atoms with E-state index in [1.807, 2.05) is 17.0 Å². The smallest absolute Gasteiger partial charge is 0.230 e. The van der Waals surface area contributed by atoms with E-state index in [2.05, 4.69) is 5.32 Å². The van der Waals surface area contributed by atoms with Gasteiger partial charge >= 0.3 is 0 Å². The van der Waals surface area contributed by atoms with Crippen molar-refractivity contribution in [1.82, 2.24) is 10.2 Å². The van der Waals surface area contributed by atoms with Crippen LogP contribution in [0.15, 0.2) is 30.3 Å². The summed E-state index contributed by atoms with van der Waals surface area (Å²) < 4.78 is 34.1. The number of hydrogen-bond acceptors (Lipinski definition) is 3. The van der Waals surface area contributed by atoms with Crippen molar-refractivity contribution in [2.45, 2.75) is 44.1 Å². The highest BCUT2D eigenvalue weighted by Crippen LogP contribution is 2.48. The molecule has 0 bridgehead atoms. The van der Waals surface area contributed by atoms with Gasteiger partial charge in [0.2, 0.25) is 5.91 Å². The van der Waals surface area contributed by atoms with Gasteiger partial charge in [-0.15, -0.1) is 0 Å². The Bertz CT molecular complexity index is 1050. The quantitative estimate of drug-likeness (QED) is 0.703. The zero-order chi connectivity index (χ0) is 21.8. The second-order valence-electron chi connectivity index (χ2n) is 8.52. The molecule has 3 aliphatic rings. The van der Waals surface area contributed by atoms with Gasteiger partial charge in [0.15, 0.2) is 11.6 Å². The van der Waals surface area contributed by atoms with Crippen molar-refractivity contribution in [2.24, 2.45) is 5.92 Å². The molecule has 1 unspecified atom stereocenters. The molecule has 164 valence electrons. The van der Waals surface area contributed by atoms with Crippen molar-refractivity contribution >= 4 is 29.1 Å². The first-order valence-corrected chi connectivity index (χ1v) is 11.2. The molecule has 1 aliphatic carbocycles. The number of amides is 1. The number of piperidine rings is 1. The van der Waals surface area contributed by atoms with E-state index < -0.39 is 23.2 Å². The number of hydrogen-bond donors (Lipinski definition) is 1. The maximum absolute atomic E-state index is 14.1. The summed E-state index contributed by atoms with van der Waals surface area (Å²) in [5.74, 6) is -2.43. The van der Waals surface area contributed by atoms with Crippen molar-refractivity contribution in [1.29, 1.82) is 0 Å². The van der Waals surface area contributed by atoms with E-state index >= 15 is 0 Å². The molecule has 0 aromatic heterocycles. The predicted molar refractivity (Wildman–Crippen MR) is 114 cm³/mol. The Hall–Kier alpha value is -1.73. The zero-order valence-corrected chi connectivity index (χ0v) is 18.3. The van der Waals surface area contributed by atoms with Gasteiger partial charge in [-0.25, -0.2) is 8.78 Å². The number of fused-ring (bicyclic) bond motifs is 2. The fraction of sp³-hybridized carbons (Fsp3) is 0.435. The third-order valence-corrected chi connectivity index (χ3v) is 7.47. The fourth-order valence-corrected chi connectivity index (χ4v) is 5.23. The number of carbonyl (C=O) groups is 1. The van der Waals surface area contributed by atoms with Crippen LogP contribution in [0.4, 0.5) is 8.78 Å². The number of rotatable bonds is 4. The summed E-state index contributed by atoms with van der Waals surface area (Å²) in [4.78, 5) is 15.7. The summed E-state index contributed by atoms with van der Waals surface area (Å²) in [5, 5.41) is 4.17. The number of nitrogens with one attached hydrogen (secondary N) is 1. The van der Waals surface area contributed by atoms with Gasteiger partial charge in [-0.2, -0.15) is 0 Å². The lowest BCUT2D eigenvalue weighted by molar-refractivity contribution is -0.157. The molecule has 2 aromatic carbocycles. The Kier molecular flexibility index (Phi) is 5.45. The van der Waals surface area contributed by atoms with Gasteiger partial charge in [0, 0.05) is 19.1 Å². The Morgan fingerprint density at radius 3 is 2.77 bits per heavy atom. The maximum atomic E-state index is 14.1. The van der Waals surface area contributed by atoms with Crippen LogP contribution in [-0.2, 0) is 28.3 Å². The number of benzene rings is 2. The molecular formula is C23H22Cl2F2N2O2. The highest BCUT2D eigenvalue weighted by molar-refractivity contribution is 6.42. The molecular weight excluding hydrogens is 445 g/mol. The van der Waals surface area contributed by atoms with Crippen LogP contribution in [0.2, 0.25) is 10.0 Å². The molecule has 0 radical (unpaired) electrons. The first-order valence-electron chi connectivity index (χ1n) is 10.5. The monoisotopic (exact) mass is 466 g/mol. The topological polar surface area (TPSA) is 41.6 Å². The lowest BCUT2D eigenvalue weighted by atomic mass is 9.75. The van der Waals surface area contributed by atoms with Crippen LogP contribution in [-0.4, -0.2) is 29.9 Å². The highest BCUT2D eigenvalue weighted by atomic mass is 35.5. The summed E-state index contributed by atoms with van der Waals surface area (Å²) in [6.07, 6.45) is 2.36. The van der Waals surface area contributed by atoms with Gasteiger partial charge in [0.1, 0.15) is 5.60 Å². The van der Waals surface area contributed by atoms with Gasteiger partial charge in [-0.3, -0.25) is 4.79 Å². The Labute approximate surface area is 189 Å². The van der Waals surface area contributed by atoms with Crippen molar-refractivity contribution in [3.8, 4) is 0 Å². The van der Waals surface area contributed by atoms with Gasteiger partial charge in [0.25, 0.3) is 0 Å². The molecule has 2 fully saturated rings. The first kappa shape index (κ1) is 21.1. The van der Waals surface area contributed by atoms with Crippen LogP contribution in [0.5, 0.6) is 0 Å². The fourth-order valence-electron chi connectivity index (χ4n) is 4.85. The van der Waals surface area contributed by atoms with Crippen LogP contribution < -0.4 is 5.32 Å². The lowest BCUT2D eigenvalue weighted by Crippen LogP contribution is -2.55. The molecule has 2 atom stereocenters. The van der Waals surface area contributed by atoms with Gasteiger partial charge < -0.3 is 15.0 Å². The summed E-state index contributed by atoms with van der Waals surface area (Å²) in [5.41, 5.74) is 1.02. The molecule has 2 aromatic rings. The molecule has 2 heterocycles. The number of halogens is 4. The zero-order valence-electron chi connectivity index (χ0n) is 16.8. The largest absolute Gasteiger partial charge is 0.365 e. The Balaban J connectivity index is 1.50. The van der Waals surface area contributed by atoms with E-state index in [4.69, 9.17) is 27.9 Å². The van der Waals surface area contributed by atoms with E-state index in [0.717, 1.165) is 18.4 Å². The molecule has 31 heavy (non-hydrogen) atoms. The molecule has 1 saturated carbocycles. The third kappa shape index (κ3) is 3.63. The summed E-state index contributed by atoms with van der Waals surface area (Å²) in [6, 6.07) is 7.92. The molecule has 1 saturated heterocycles. The second kappa shape index (κ2) is 8.00. The minimum atomic E-state index is -0.961. The van der Waals surface area contributed by atoms with Crippen molar-refractivity contribution in [2.75, 3.05) is 13.1 Å². The van der Waals surface area contributed by atoms with E-state index in [1.165, 1.54) is 12.1 Å². The molecule has 1 spiro atoms. The maximum Gasteiger partial charge on any atom is 0.230 e. The number of nitrogens with zero attached hydrogens (tertiary/aromatic N) is 1. The minimum Gasteiger partial charge on any atom is -0.365 e. The number of carbonyl (C=O) groups excluding carboxylic acids is 1. The highest BCUT2D eigenvalue weighted by Gasteiger charge is 2.53. The molecule has 4 nitrogen and oxygen atoms in total. The molecule has 5 rings (SSSR count). The summed E-state index contributed by atoms with van der Waals surface area (Å²) in [7, 11) is 0. The minimum absolute atomic E-state index is 0.0664. The van der Waals surface area contributed by atoms with Crippen molar-refractivity contribution in [3.05, 3.63) is 68.7 Å². The summed E-state index contributed by atoms with van der Waals surface area (Å²) in [6.45, 7) is 1.55. The van der Waals surface area contributed by atoms with E-state index in [0.29, 0.717) is 47.2 Å². The lowest BCUT2D eigenvalue weighted by Gasteiger charge is -2.43. The predicted octanol–water partition coefficient (Wildman–Crippen LogP) is 4.80. The first-order chi connectivity index (χ1) is 14.9. The normalized spacial score (nSPS) is 25.0. The standard InChI is InChI=1S/C23H22Cl2F2N2O2/c24-18-3-1-2-13(21(18)25)11-29(15-4-5-15)22(30)17-10-28-7-6-23(17)16-9-20(27)19(26)8-14(16)12-31-23/h1-3,8-9,15,17,28H,4-7,10-12H2/t17?,23-/m0/s1. The van der Waals surface area contributed by atoms with E-state index in [1.54, 1.807) is 6.07 Å². The van der Waals surface area contributed by atoms with Gasteiger partial charge in [0.05, 0.1) is 22.6 Å². The Morgan fingerprint density at radius 2 is 2.00 bits per heavy atom. The number of ether oxygens (including phenoxy) is 1. The van der Waals surface area contributed by atoms with Crippen LogP contribution in [0, 0.1) is 17.6 Å². The molecule has 8 heteroatoms. The molecule has 1 amide bonds. The van der Waals surface area contributed by atoms with Crippen molar-refractivity contribution < 1.29 is 18.3 Å². The molecule has 1 N–H and O–H groups in total. The SMILES string of the molecule is O=C(C1CNCC[C@@]12OCc1cc(F)c(F)cc12)N(Cc1cccc(Cl)c1Cl)C1CC1. The Morgan fingerprint density at radius 1 is 1.23 bits per heavy atom. The van der Waals surface area contributed by atoms with E-state index in [9.17, 15) is 13.6 Å². The van der Waals surface area contributed by atoms with Crippen LogP contribution in [0.3, 0.4) is 0 Å². The van der Waals surface area contributed by atoms with E-state index in [-0.39, 0.29) is 18.6 Å². The molecule has 2 aliphatic heterocycles. The average Bonchev–Trinajstić information content (AvgIpc) is 3.55. The third-order valence-electron chi connectivity index (χ3n) is 6.61.